The standard InChI is InChI=1S/C43H29N5/c1-25(2)31-16-32(26-10-4-3-5-11-26)18-33(17-31)34-23-39-41-40(24-34)47-38-22-30-15-9-7-13-28(30)20-36(38)45-43(47)48(41)42-44-35-19-27-12-6-8-14-29(27)21-37(35)46(39)42/h3-25H,1-2H3. The van der Waals surface area contributed by atoms with E-state index >= 15 is 0 Å². The van der Waals surface area contributed by atoms with Crippen LogP contribution in [0.25, 0.3) is 94.0 Å². The predicted molar refractivity (Wildman–Crippen MR) is 199 cm³/mol. The Kier molecular flexibility index (Phi) is 4.97. The number of aromatic nitrogens is 5. The fourth-order valence-corrected chi connectivity index (χ4v) is 7.85. The molecule has 0 aliphatic rings. The lowest BCUT2D eigenvalue weighted by Crippen LogP contribution is -1.92. The van der Waals surface area contributed by atoms with E-state index < -0.39 is 0 Å². The highest BCUT2D eigenvalue weighted by Crippen LogP contribution is 2.40. The monoisotopic (exact) mass is 615 g/mol. The van der Waals surface area contributed by atoms with Gasteiger partial charge in [0.05, 0.1) is 33.1 Å². The molecule has 0 saturated heterocycles. The van der Waals surface area contributed by atoms with Crippen LogP contribution in [0.1, 0.15) is 25.3 Å². The van der Waals surface area contributed by atoms with Crippen LogP contribution in [0.15, 0.2) is 133 Å². The molecule has 4 heterocycles. The van der Waals surface area contributed by atoms with Crippen LogP contribution in [0, 0.1) is 0 Å². The molecule has 0 fully saturated rings. The first-order valence-corrected chi connectivity index (χ1v) is 16.6. The number of imidazole rings is 4. The predicted octanol–water partition coefficient (Wildman–Crippen LogP) is 10.9. The van der Waals surface area contributed by atoms with Crippen LogP contribution >= 0.6 is 0 Å². The van der Waals surface area contributed by atoms with Crippen molar-refractivity contribution in [2.75, 3.05) is 0 Å². The number of benzene rings is 7. The Hall–Kier alpha value is -6.20. The summed E-state index contributed by atoms with van der Waals surface area (Å²) in [4.78, 5) is 10.6. The normalized spacial score (nSPS) is 12.6. The molecule has 5 nitrogen and oxygen atoms in total. The lowest BCUT2D eigenvalue weighted by molar-refractivity contribution is 0.867. The summed E-state index contributed by atoms with van der Waals surface area (Å²) in [5, 5.41) is 4.79. The molecule has 11 aromatic rings. The minimum absolute atomic E-state index is 0.391. The van der Waals surface area contributed by atoms with Gasteiger partial charge in [0.25, 0.3) is 0 Å². The summed E-state index contributed by atoms with van der Waals surface area (Å²) in [6, 6.07) is 48.6. The quantitative estimate of drug-likeness (QED) is 0.198. The van der Waals surface area contributed by atoms with Crippen molar-refractivity contribution in [3.8, 4) is 22.3 Å². The van der Waals surface area contributed by atoms with Gasteiger partial charge in [-0.1, -0.05) is 105 Å². The SMILES string of the molecule is CC(C)c1cc(-c2ccccc2)cc(-c2cc3c4c(c2)n2c5cc6ccccc6cc5nc2n4c2nc4cc5ccccc5cc4n32)c1. The first kappa shape index (κ1) is 25.9. The maximum atomic E-state index is 5.30. The van der Waals surface area contributed by atoms with Gasteiger partial charge in [0, 0.05) is 0 Å². The van der Waals surface area contributed by atoms with Gasteiger partial charge in [-0.05, 0) is 97.7 Å². The van der Waals surface area contributed by atoms with Crippen molar-refractivity contribution in [3.05, 3.63) is 139 Å². The third kappa shape index (κ3) is 3.45. The van der Waals surface area contributed by atoms with Crippen LogP contribution in [0.2, 0.25) is 0 Å². The maximum absolute atomic E-state index is 5.30. The first-order valence-electron chi connectivity index (χ1n) is 16.6. The third-order valence-electron chi connectivity index (χ3n) is 10.2. The topological polar surface area (TPSA) is 39.0 Å². The van der Waals surface area contributed by atoms with E-state index in [4.69, 9.17) is 9.97 Å². The van der Waals surface area contributed by atoms with Gasteiger partial charge in [0.2, 0.25) is 11.6 Å². The Balaban J connectivity index is 1.31. The van der Waals surface area contributed by atoms with E-state index in [1.807, 2.05) is 0 Å². The molecule has 0 bridgehead atoms. The van der Waals surface area contributed by atoms with Crippen LogP contribution in [0.3, 0.4) is 0 Å². The van der Waals surface area contributed by atoms with E-state index in [2.05, 4.69) is 161 Å². The molecule has 226 valence electrons. The van der Waals surface area contributed by atoms with E-state index in [9.17, 15) is 0 Å². The van der Waals surface area contributed by atoms with Crippen LogP contribution in [-0.4, -0.2) is 23.2 Å². The van der Waals surface area contributed by atoms with Crippen LogP contribution < -0.4 is 0 Å². The second-order valence-electron chi connectivity index (χ2n) is 13.4. The summed E-state index contributed by atoms with van der Waals surface area (Å²) >= 11 is 0. The molecule has 0 N–H and O–H groups in total. The van der Waals surface area contributed by atoms with Crippen molar-refractivity contribution in [3.63, 3.8) is 0 Å². The van der Waals surface area contributed by atoms with Crippen molar-refractivity contribution >= 4 is 71.7 Å². The fourth-order valence-electron chi connectivity index (χ4n) is 7.85. The molecule has 0 amide bonds. The summed E-state index contributed by atoms with van der Waals surface area (Å²) in [6.07, 6.45) is 0. The summed E-state index contributed by atoms with van der Waals surface area (Å²) in [6.45, 7) is 4.55. The number of hydrogen-bond donors (Lipinski definition) is 0. The molecular weight excluding hydrogens is 587 g/mol. The largest absolute Gasteiger partial charge is 0.276 e. The van der Waals surface area contributed by atoms with E-state index in [0.717, 1.165) is 50.2 Å². The molecular formula is C43H29N5. The summed E-state index contributed by atoms with van der Waals surface area (Å²) in [5.74, 6) is 2.16. The van der Waals surface area contributed by atoms with Crippen molar-refractivity contribution in [2.45, 2.75) is 19.8 Å². The van der Waals surface area contributed by atoms with Crippen molar-refractivity contribution in [1.82, 2.24) is 23.2 Å². The highest BCUT2D eigenvalue weighted by molar-refractivity contribution is 6.08. The zero-order chi connectivity index (χ0) is 31.7. The average molecular weight is 616 g/mol. The Morgan fingerprint density at radius 1 is 0.417 bits per heavy atom. The van der Waals surface area contributed by atoms with Crippen molar-refractivity contribution in [1.29, 1.82) is 0 Å². The van der Waals surface area contributed by atoms with Gasteiger partial charge >= 0.3 is 0 Å². The molecule has 0 radical (unpaired) electrons. The maximum Gasteiger partial charge on any atom is 0.223 e. The molecule has 0 atom stereocenters. The van der Waals surface area contributed by atoms with Gasteiger partial charge in [-0.3, -0.25) is 8.80 Å². The van der Waals surface area contributed by atoms with Crippen molar-refractivity contribution < 1.29 is 0 Å². The van der Waals surface area contributed by atoms with Crippen LogP contribution in [0.5, 0.6) is 0 Å². The second-order valence-corrected chi connectivity index (χ2v) is 13.4. The van der Waals surface area contributed by atoms with Gasteiger partial charge in [-0.25, -0.2) is 14.4 Å². The number of fused-ring (bicyclic) bond motifs is 12. The Morgan fingerprint density at radius 3 is 1.40 bits per heavy atom. The molecule has 4 aromatic heterocycles. The van der Waals surface area contributed by atoms with Crippen molar-refractivity contribution in [2.24, 2.45) is 0 Å². The Morgan fingerprint density at radius 2 is 0.875 bits per heavy atom. The zero-order valence-corrected chi connectivity index (χ0v) is 26.5. The van der Waals surface area contributed by atoms with E-state index in [1.54, 1.807) is 0 Å². The van der Waals surface area contributed by atoms with Gasteiger partial charge in [0.15, 0.2) is 0 Å². The van der Waals surface area contributed by atoms with Gasteiger partial charge in [0.1, 0.15) is 5.52 Å². The molecule has 0 aliphatic heterocycles. The molecule has 7 aromatic carbocycles. The number of hydrogen-bond acceptors (Lipinski definition) is 2. The zero-order valence-electron chi connectivity index (χ0n) is 26.5. The molecule has 0 unspecified atom stereocenters. The summed E-state index contributed by atoms with van der Waals surface area (Å²) < 4.78 is 6.95. The third-order valence-corrected chi connectivity index (χ3v) is 10.2. The lowest BCUT2D eigenvalue weighted by Gasteiger charge is -2.13. The van der Waals surface area contributed by atoms with Gasteiger partial charge < -0.3 is 0 Å². The Bertz CT molecular complexity index is 2930. The van der Waals surface area contributed by atoms with E-state index in [0.29, 0.717) is 5.92 Å². The van der Waals surface area contributed by atoms with Crippen LogP contribution in [0.4, 0.5) is 0 Å². The summed E-state index contributed by atoms with van der Waals surface area (Å²) in [5.41, 5.74) is 13.7. The van der Waals surface area contributed by atoms with Crippen LogP contribution in [-0.2, 0) is 0 Å². The smallest absolute Gasteiger partial charge is 0.223 e. The highest BCUT2D eigenvalue weighted by Gasteiger charge is 2.25. The number of rotatable bonds is 3. The molecule has 5 heteroatoms. The molecule has 48 heavy (non-hydrogen) atoms. The van der Waals surface area contributed by atoms with Gasteiger partial charge in [-0.2, -0.15) is 0 Å². The molecule has 11 rings (SSSR count). The Labute approximate surface area is 275 Å². The van der Waals surface area contributed by atoms with E-state index in [-0.39, 0.29) is 0 Å². The molecule has 0 aliphatic carbocycles. The number of nitrogens with zero attached hydrogens (tertiary/aromatic N) is 5. The van der Waals surface area contributed by atoms with Gasteiger partial charge in [-0.15, -0.1) is 0 Å². The first-order chi connectivity index (χ1) is 23.6. The minimum Gasteiger partial charge on any atom is -0.276 e. The minimum atomic E-state index is 0.391. The highest BCUT2D eigenvalue weighted by atomic mass is 15.3. The molecule has 0 saturated carbocycles. The second kappa shape index (κ2) is 9.20. The fraction of sp³-hybridized carbons (Fsp3) is 0.0698. The molecule has 0 spiro atoms. The average Bonchev–Trinajstić information content (AvgIpc) is 3.84. The van der Waals surface area contributed by atoms with E-state index in [1.165, 1.54) is 49.4 Å². The lowest BCUT2D eigenvalue weighted by atomic mass is 9.92. The summed E-state index contributed by atoms with van der Waals surface area (Å²) in [7, 11) is 0.